The van der Waals surface area contributed by atoms with Crippen molar-refractivity contribution >= 4 is 11.6 Å². The molecular weight excluding hydrogens is 292 g/mol. The summed E-state index contributed by atoms with van der Waals surface area (Å²) in [6.45, 7) is 5.44. The molecule has 0 bridgehead atoms. The lowest BCUT2D eigenvalue weighted by atomic mass is 10.0. The van der Waals surface area contributed by atoms with E-state index >= 15 is 0 Å². The zero-order valence-corrected chi connectivity index (χ0v) is 14.2. The molecule has 0 aliphatic carbocycles. The first kappa shape index (κ1) is 17.9. The highest BCUT2D eigenvalue weighted by molar-refractivity contribution is 5.91. The van der Waals surface area contributed by atoms with E-state index in [1.165, 1.54) is 31.4 Å². The first-order chi connectivity index (χ1) is 11.2. The predicted octanol–water partition coefficient (Wildman–Crippen LogP) is 2.66. The molecule has 1 atom stereocenters. The van der Waals surface area contributed by atoms with Gasteiger partial charge in [-0.3, -0.25) is 9.69 Å². The van der Waals surface area contributed by atoms with Crippen molar-refractivity contribution in [3.63, 3.8) is 0 Å². The summed E-state index contributed by atoms with van der Waals surface area (Å²) in [6.07, 6.45) is 3.92. The number of nitrogens with one attached hydrogen (secondary N) is 1. The van der Waals surface area contributed by atoms with Crippen molar-refractivity contribution in [2.45, 2.75) is 38.8 Å². The van der Waals surface area contributed by atoms with Crippen molar-refractivity contribution in [1.82, 2.24) is 4.90 Å². The minimum absolute atomic E-state index is 0.0520. The molecule has 1 saturated heterocycles. The molecule has 1 unspecified atom stereocenters. The van der Waals surface area contributed by atoms with Crippen molar-refractivity contribution < 1.29 is 14.3 Å². The number of hydrogen-bond donors (Lipinski definition) is 1. The minimum atomic E-state index is -0.140. The molecule has 5 heteroatoms. The first-order valence-corrected chi connectivity index (χ1v) is 8.38. The molecule has 1 fully saturated rings. The highest BCUT2D eigenvalue weighted by Gasteiger charge is 2.17. The molecule has 2 rings (SSSR count). The van der Waals surface area contributed by atoms with Gasteiger partial charge >= 0.3 is 0 Å². The van der Waals surface area contributed by atoms with E-state index < -0.39 is 0 Å². The van der Waals surface area contributed by atoms with Gasteiger partial charge in [0.2, 0.25) is 5.91 Å². The van der Waals surface area contributed by atoms with Gasteiger partial charge in [0.15, 0.2) is 0 Å². The molecule has 23 heavy (non-hydrogen) atoms. The maximum Gasteiger partial charge on any atom is 0.250 e. The molecule has 1 aliphatic heterocycles. The van der Waals surface area contributed by atoms with Crippen molar-refractivity contribution in [3.05, 3.63) is 29.8 Å². The third-order valence-corrected chi connectivity index (χ3v) is 4.23. The zero-order chi connectivity index (χ0) is 16.5. The minimum Gasteiger partial charge on any atom is -0.382 e. The van der Waals surface area contributed by atoms with Crippen LogP contribution in [0.1, 0.15) is 31.7 Å². The average Bonchev–Trinajstić information content (AvgIpc) is 2.55. The summed E-state index contributed by atoms with van der Waals surface area (Å²) in [5.74, 6) is -0.140. The fourth-order valence-corrected chi connectivity index (χ4v) is 2.82. The maximum atomic E-state index is 11.7. The summed E-state index contributed by atoms with van der Waals surface area (Å²) in [7, 11) is 1.61. The SMILES string of the molecule is COCCOCC(=O)Nc1ccc(CN2CCCCC2C)cc1. The number of hydrogen-bond acceptors (Lipinski definition) is 4. The largest absolute Gasteiger partial charge is 0.382 e. The van der Waals surface area contributed by atoms with Gasteiger partial charge in [-0.05, 0) is 44.0 Å². The number of benzene rings is 1. The third-order valence-electron chi connectivity index (χ3n) is 4.23. The van der Waals surface area contributed by atoms with E-state index in [9.17, 15) is 4.79 Å². The Hall–Kier alpha value is -1.43. The lowest BCUT2D eigenvalue weighted by molar-refractivity contribution is -0.121. The van der Waals surface area contributed by atoms with Crippen LogP contribution in [0.3, 0.4) is 0 Å². The van der Waals surface area contributed by atoms with Crippen LogP contribution in [0, 0.1) is 0 Å². The van der Waals surface area contributed by atoms with Gasteiger partial charge in [0.25, 0.3) is 0 Å². The van der Waals surface area contributed by atoms with E-state index in [0.29, 0.717) is 19.3 Å². The van der Waals surface area contributed by atoms with Gasteiger partial charge < -0.3 is 14.8 Å². The Bertz CT molecular complexity index is 476. The van der Waals surface area contributed by atoms with Crippen molar-refractivity contribution in [2.75, 3.05) is 38.8 Å². The second-order valence-electron chi connectivity index (χ2n) is 6.11. The summed E-state index contributed by atoms with van der Waals surface area (Å²) in [6, 6.07) is 8.74. The lowest BCUT2D eigenvalue weighted by Crippen LogP contribution is -2.36. The number of amides is 1. The molecule has 1 heterocycles. The molecule has 0 spiro atoms. The summed E-state index contributed by atoms with van der Waals surface area (Å²) in [4.78, 5) is 14.3. The monoisotopic (exact) mass is 320 g/mol. The molecule has 0 radical (unpaired) electrons. The van der Waals surface area contributed by atoms with Gasteiger partial charge in [0, 0.05) is 25.4 Å². The molecule has 1 N–H and O–H groups in total. The average molecular weight is 320 g/mol. The van der Waals surface area contributed by atoms with Gasteiger partial charge in [0.1, 0.15) is 6.61 Å². The second-order valence-corrected chi connectivity index (χ2v) is 6.11. The number of rotatable bonds is 8. The third kappa shape index (κ3) is 6.29. The van der Waals surface area contributed by atoms with Crippen LogP contribution >= 0.6 is 0 Å². The van der Waals surface area contributed by atoms with Crippen LogP contribution < -0.4 is 5.32 Å². The summed E-state index contributed by atoms with van der Waals surface area (Å²) in [5.41, 5.74) is 2.09. The summed E-state index contributed by atoms with van der Waals surface area (Å²) < 4.78 is 10.1. The van der Waals surface area contributed by atoms with E-state index in [-0.39, 0.29) is 12.5 Å². The Balaban J connectivity index is 1.76. The van der Waals surface area contributed by atoms with E-state index in [1.54, 1.807) is 7.11 Å². The lowest BCUT2D eigenvalue weighted by Gasteiger charge is -2.33. The molecule has 1 aromatic rings. The highest BCUT2D eigenvalue weighted by Crippen LogP contribution is 2.20. The molecule has 0 aromatic heterocycles. The number of nitrogens with zero attached hydrogens (tertiary/aromatic N) is 1. The second kappa shape index (κ2) is 9.65. The van der Waals surface area contributed by atoms with Crippen LogP contribution in [0.25, 0.3) is 0 Å². The number of anilines is 1. The summed E-state index contributed by atoms with van der Waals surface area (Å²) >= 11 is 0. The van der Waals surface area contributed by atoms with Crippen LogP contribution in [0.2, 0.25) is 0 Å². The van der Waals surface area contributed by atoms with Crippen LogP contribution in [-0.2, 0) is 20.8 Å². The smallest absolute Gasteiger partial charge is 0.250 e. The number of ether oxygens (including phenoxy) is 2. The van der Waals surface area contributed by atoms with Gasteiger partial charge in [-0.25, -0.2) is 0 Å². The van der Waals surface area contributed by atoms with Crippen LogP contribution in [-0.4, -0.2) is 50.3 Å². The number of methoxy groups -OCH3 is 1. The molecule has 1 aromatic carbocycles. The fourth-order valence-electron chi connectivity index (χ4n) is 2.82. The molecule has 128 valence electrons. The van der Waals surface area contributed by atoms with Crippen LogP contribution in [0.15, 0.2) is 24.3 Å². The number of carbonyl (C=O) groups excluding carboxylic acids is 1. The number of piperidine rings is 1. The van der Waals surface area contributed by atoms with Gasteiger partial charge in [-0.2, -0.15) is 0 Å². The Labute approximate surface area is 139 Å². The fraction of sp³-hybridized carbons (Fsp3) is 0.611. The molecule has 0 saturated carbocycles. The van der Waals surface area contributed by atoms with Crippen LogP contribution in [0.4, 0.5) is 5.69 Å². The molecule has 1 aliphatic rings. The van der Waals surface area contributed by atoms with E-state index in [1.807, 2.05) is 12.1 Å². The van der Waals surface area contributed by atoms with Gasteiger partial charge in [-0.15, -0.1) is 0 Å². The Morgan fingerprint density at radius 2 is 2.04 bits per heavy atom. The van der Waals surface area contributed by atoms with Crippen LogP contribution in [0.5, 0.6) is 0 Å². The Morgan fingerprint density at radius 1 is 1.26 bits per heavy atom. The molecular formula is C18H28N2O3. The number of carbonyl (C=O) groups is 1. The van der Waals surface area contributed by atoms with E-state index in [0.717, 1.165) is 12.2 Å². The van der Waals surface area contributed by atoms with Crippen molar-refractivity contribution in [2.24, 2.45) is 0 Å². The summed E-state index contributed by atoms with van der Waals surface area (Å²) in [5, 5.41) is 2.84. The van der Waals surface area contributed by atoms with E-state index in [4.69, 9.17) is 9.47 Å². The Kier molecular flexibility index (Phi) is 7.52. The zero-order valence-electron chi connectivity index (χ0n) is 14.2. The molecule has 5 nitrogen and oxygen atoms in total. The van der Waals surface area contributed by atoms with E-state index in [2.05, 4.69) is 29.3 Å². The topological polar surface area (TPSA) is 50.8 Å². The first-order valence-electron chi connectivity index (χ1n) is 8.38. The predicted molar refractivity (Wildman–Crippen MR) is 91.5 cm³/mol. The van der Waals surface area contributed by atoms with Gasteiger partial charge in [0.05, 0.1) is 13.2 Å². The van der Waals surface area contributed by atoms with Crippen molar-refractivity contribution in [1.29, 1.82) is 0 Å². The Morgan fingerprint density at radius 3 is 2.74 bits per heavy atom. The van der Waals surface area contributed by atoms with Gasteiger partial charge in [-0.1, -0.05) is 18.6 Å². The quantitative estimate of drug-likeness (QED) is 0.748. The highest BCUT2D eigenvalue weighted by atomic mass is 16.5. The van der Waals surface area contributed by atoms with Crippen molar-refractivity contribution in [3.8, 4) is 0 Å². The number of likely N-dealkylation sites (tertiary alicyclic amines) is 1. The molecule has 1 amide bonds. The standard InChI is InChI=1S/C18H28N2O3/c1-15-5-3-4-10-20(15)13-16-6-8-17(9-7-16)19-18(21)14-23-12-11-22-2/h6-9,15H,3-5,10-14H2,1-2H3,(H,19,21). The maximum absolute atomic E-state index is 11.7. The normalized spacial score (nSPS) is 18.8.